The van der Waals surface area contributed by atoms with Gasteiger partial charge < -0.3 is 0 Å². The summed E-state index contributed by atoms with van der Waals surface area (Å²) in [7, 11) is -6.10. The fourth-order valence-electron chi connectivity index (χ4n) is 3.93. The summed E-state index contributed by atoms with van der Waals surface area (Å²) in [4.78, 5) is 0. The summed E-state index contributed by atoms with van der Waals surface area (Å²) in [5, 5.41) is 9.91. The molecule has 0 aliphatic carbocycles. The maximum Gasteiger partial charge on any atom is 0.204 e. The number of rotatable bonds is 10. The van der Waals surface area contributed by atoms with E-state index in [9.17, 15) is 9.13 Å². The van der Waals surface area contributed by atoms with Crippen LogP contribution in [-0.4, -0.2) is 13.1 Å². The molecule has 0 spiro atoms. The van der Waals surface area contributed by atoms with Crippen LogP contribution in [0, 0.1) is 5.41 Å². The summed E-state index contributed by atoms with van der Waals surface area (Å²) in [6.07, 6.45) is 0. The molecule has 0 saturated carbocycles. The van der Waals surface area contributed by atoms with E-state index in [1.54, 1.807) is 0 Å². The molecule has 0 radical (unpaired) electrons. The van der Waals surface area contributed by atoms with Gasteiger partial charge in [0, 0.05) is 34.3 Å². The Bertz CT molecular complexity index is 1120. The van der Waals surface area contributed by atoms with E-state index in [0.717, 1.165) is 21.2 Å². The van der Waals surface area contributed by atoms with Gasteiger partial charge >= 0.3 is 0 Å². The highest BCUT2D eigenvalue weighted by atomic mass is 31.2. The average molecular weight is 503 g/mol. The minimum atomic E-state index is -3.05. The van der Waals surface area contributed by atoms with E-state index in [4.69, 9.17) is 0 Å². The van der Waals surface area contributed by atoms with E-state index >= 15 is 0 Å². The molecule has 0 aliphatic rings. The van der Waals surface area contributed by atoms with Crippen LogP contribution in [0.15, 0.2) is 121 Å². The minimum Gasteiger partial charge on any atom is -0.297 e. The fraction of sp³-hybridized carbons (Fsp3) is 0.172. The van der Waals surface area contributed by atoms with E-state index in [1.165, 1.54) is 0 Å². The standard InChI is InChI=1S/C29H32N2O2P2/c1-29(2,23-30-34(32,25-15-7-3-8-16-25)26-17-9-4-10-18-26)24-31-35(33,27-19-11-5-12-20-27)28-21-13-6-14-22-28/h3-22H,23-24H2,1-2H3,(H,30,32)(H,31,33). The molecule has 180 valence electrons. The lowest BCUT2D eigenvalue weighted by molar-refractivity contribution is 0.363. The maximum atomic E-state index is 14.3. The molecule has 0 aromatic heterocycles. The Labute approximate surface area is 208 Å². The third kappa shape index (κ3) is 5.92. The Kier molecular flexibility index (Phi) is 7.89. The highest BCUT2D eigenvalue weighted by Gasteiger charge is 2.33. The third-order valence-corrected chi connectivity index (χ3v) is 11.3. The van der Waals surface area contributed by atoms with E-state index in [1.807, 2.05) is 121 Å². The van der Waals surface area contributed by atoms with Crippen LogP contribution in [0.3, 0.4) is 0 Å². The lowest BCUT2D eigenvalue weighted by Crippen LogP contribution is -2.41. The molecule has 4 aromatic rings. The second-order valence-electron chi connectivity index (χ2n) is 9.39. The van der Waals surface area contributed by atoms with Crippen molar-refractivity contribution in [2.24, 2.45) is 5.41 Å². The number of benzene rings is 4. The molecule has 0 atom stereocenters. The Morgan fingerprint density at radius 2 is 0.714 bits per heavy atom. The van der Waals surface area contributed by atoms with Crippen molar-refractivity contribution in [1.29, 1.82) is 0 Å². The van der Waals surface area contributed by atoms with Gasteiger partial charge in [-0.3, -0.25) is 19.3 Å². The zero-order valence-corrected chi connectivity index (χ0v) is 22.0. The van der Waals surface area contributed by atoms with Gasteiger partial charge in [-0.1, -0.05) is 86.6 Å². The highest BCUT2D eigenvalue weighted by molar-refractivity contribution is 7.77. The van der Waals surface area contributed by atoms with Gasteiger partial charge in [-0.25, -0.2) is 0 Å². The molecule has 4 nitrogen and oxygen atoms in total. The molecule has 0 heterocycles. The van der Waals surface area contributed by atoms with Crippen LogP contribution in [0.2, 0.25) is 0 Å². The average Bonchev–Trinajstić information content (AvgIpc) is 2.92. The van der Waals surface area contributed by atoms with Crippen molar-refractivity contribution < 1.29 is 9.13 Å². The Morgan fingerprint density at radius 3 is 0.943 bits per heavy atom. The molecule has 35 heavy (non-hydrogen) atoms. The highest BCUT2D eigenvalue weighted by Crippen LogP contribution is 2.41. The summed E-state index contributed by atoms with van der Waals surface area (Å²) < 4.78 is 28.6. The molecule has 6 heteroatoms. The number of hydrogen-bond acceptors (Lipinski definition) is 2. The van der Waals surface area contributed by atoms with Crippen molar-refractivity contribution >= 4 is 35.8 Å². The van der Waals surface area contributed by atoms with Crippen LogP contribution in [0.5, 0.6) is 0 Å². The van der Waals surface area contributed by atoms with Gasteiger partial charge in [-0.15, -0.1) is 0 Å². The first-order valence-corrected chi connectivity index (χ1v) is 15.2. The predicted octanol–water partition coefficient (Wildman–Crippen LogP) is 5.05. The third-order valence-electron chi connectivity index (χ3n) is 6.04. The smallest absolute Gasteiger partial charge is 0.204 e. The van der Waals surface area contributed by atoms with Crippen molar-refractivity contribution in [2.45, 2.75) is 13.8 Å². The Hall–Kier alpha value is -2.74. The Morgan fingerprint density at radius 1 is 0.486 bits per heavy atom. The molecular formula is C29H32N2O2P2. The van der Waals surface area contributed by atoms with Gasteiger partial charge in [0.25, 0.3) is 0 Å². The molecule has 0 bridgehead atoms. The molecule has 0 unspecified atom stereocenters. The number of hydrogen-bond donors (Lipinski definition) is 2. The SMILES string of the molecule is CC(C)(CNP(=O)(c1ccccc1)c1ccccc1)CNP(=O)(c1ccccc1)c1ccccc1. The second-order valence-corrected chi connectivity index (χ2v) is 14.5. The monoisotopic (exact) mass is 502 g/mol. The first-order chi connectivity index (χ1) is 16.8. The Balaban J connectivity index is 1.56. The maximum absolute atomic E-state index is 14.3. The topological polar surface area (TPSA) is 58.2 Å². The summed E-state index contributed by atoms with van der Waals surface area (Å²) in [5.74, 6) is 0. The largest absolute Gasteiger partial charge is 0.297 e. The molecular weight excluding hydrogens is 470 g/mol. The van der Waals surface area contributed by atoms with Crippen molar-refractivity contribution in [3.8, 4) is 0 Å². The van der Waals surface area contributed by atoms with Crippen LogP contribution in [0.25, 0.3) is 0 Å². The molecule has 4 aromatic carbocycles. The van der Waals surface area contributed by atoms with Crippen LogP contribution < -0.4 is 31.4 Å². The van der Waals surface area contributed by atoms with Crippen molar-refractivity contribution in [3.05, 3.63) is 121 Å². The van der Waals surface area contributed by atoms with Crippen LogP contribution >= 0.6 is 14.6 Å². The summed E-state index contributed by atoms with van der Waals surface area (Å²) in [6.45, 7) is 5.14. The van der Waals surface area contributed by atoms with Crippen molar-refractivity contribution in [3.63, 3.8) is 0 Å². The molecule has 2 N–H and O–H groups in total. The number of nitrogens with one attached hydrogen (secondary N) is 2. The van der Waals surface area contributed by atoms with Gasteiger partial charge in [0.15, 0.2) is 0 Å². The molecule has 0 saturated heterocycles. The van der Waals surface area contributed by atoms with E-state index in [2.05, 4.69) is 24.0 Å². The van der Waals surface area contributed by atoms with Gasteiger partial charge in [-0.05, 0) is 53.9 Å². The summed E-state index contributed by atoms with van der Waals surface area (Å²) in [5.41, 5.74) is -0.335. The summed E-state index contributed by atoms with van der Waals surface area (Å²) >= 11 is 0. The van der Waals surface area contributed by atoms with E-state index in [-0.39, 0.29) is 5.41 Å². The normalized spacial score (nSPS) is 12.4. The molecule has 4 rings (SSSR count). The first-order valence-electron chi connectivity index (χ1n) is 11.8. The van der Waals surface area contributed by atoms with E-state index in [0.29, 0.717) is 13.1 Å². The van der Waals surface area contributed by atoms with Crippen LogP contribution in [0.1, 0.15) is 13.8 Å². The van der Waals surface area contributed by atoms with Gasteiger partial charge in [-0.2, -0.15) is 0 Å². The van der Waals surface area contributed by atoms with Crippen LogP contribution in [0.4, 0.5) is 0 Å². The zero-order valence-electron chi connectivity index (χ0n) is 20.2. The van der Waals surface area contributed by atoms with Crippen LogP contribution in [-0.2, 0) is 9.13 Å². The van der Waals surface area contributed by atoms with Crippen molar-refractivity contribution in [1.82, 2.24) is 10.2 Å². The summed E-state index contributed by atoms with van der Waals surface area (Å²) in [6, 6.07) is 38.3. The van der Waals surface area contributed by atoms with Gasteiger partial charge in [0.2, 0.25) is 14.6 Å². The lowest BCUT2D eigenvalue weighted by Gasteiger charge is -2.31. The first kappa shape index (κ1) is 25.4. The lowest BCUT2D eigenvalue weighted by atomic mass is 9.94. The molecule has 0 aliphatic heterocycles. The fourth-order valence-corrected chi connectivity index (χ4v) is 8.92. The molecule has 0 amide bonds. The zero-order chi connectivity index (χ0) is 24.8. The van der Waals surface area contributed by atoms with Crippen molar-refractivity contribution in [2.75, 3.05) is 13.1 Å². The predicted molar refractivity (Wildman–Crippen MR) is 149 cm³/mol. The van der Waals surface area contributed by atoms with Gasteiger partial charge in [0.1, 0.15) is 0 Å². The van der Waals surface area contributed by atoms with Gasteiger partial charge in [0.05, 0.1) is 0 Å². The van der Waals surface area contributed by atoms with E-state index < -0.39 is 14.6 Å². The second kappa shape index (κ2) is 10.9. The molecule has 0 fully saturated rings. The quantitative estimate of drug-likeness (QED) is 0.298. The minimum absolute atomic E-state index is 0.335.